The Bertz CT molecular complexity index is 256. The Labute approximate surface area is 102 Å². The van der Waals surface area contributed by atoms with Crippen LogP contribution < -0.4 is 11.1 Å². The van der Waals surface area contributed by atoms with E-state index in [0.717, 1.165) is 0 Å². The second-order valence-electron chi connectivity index (χ2n) is 4.01. The van der Waals surface area contributed by atoms with Crippen molar-refractivity contribution in [2.45, 2.75) is 32.9 Å². The van der Waals surface area contributed by atoms with E-state index in [2.05, 4.69) is 10.1 Å². The summed E-state index contributed by atoms with van der Waals surface area (Å²) >= 11 is 0. The average molecular weight is 246 g/mol. The first-order chi connectivity index (χ1) is 7.93. The smallest absolute Gasteiger partial charge is 0.330 e. The van der Waals surface area contributed by atoms with Crippen molar-refractivity contribution in [2.24, 2.45) is 11.7 Å². The molecule has 6 heteroatoms. The van der Waals surface area contributed by atoms with Crippen LogP contribution in [-0.4, -0.2) is 44.3 Å². The molecule has 0 fully saturated rings. The Morgan fingerprint density at radius 2 is 1.94 bits per heavy atom. The Morgan fingerprint density at radius 1 is 1.35 bits per heavy atom. The second kappa shape index (κ2) is 8.03. The van der Waals surface area contributed by atoms with E-state index in [0.29, 0.717) is 6.61 Å². The van der Waals surface area contributed by atoms with Gasteiger partial charge in [-0.1, -0.05) is 13.8 Å². The number of nitrogens with two attached hydrogens (primary N) is 1. The molecule has 1 amide bonds. The summed E-state index contributed by atoms with van der Waals surface area (Å²) in [4.78, 5) is 23.1. The minimum Gasteiger partial charge on any atom is -0.467 e. The predicted molar refractivity (Wildman–Crippen MR) is 63.3 cm³/mol. The van der Waals surface area contributed by atoms with Crippen LogP contribution in [-0.2, 0) is 19.1 Å². The molecule has 100 valence electrons. The Kier molecular flexibility index (Phi) is 7.49. The number of hydrogen-bond donors (Lipinski definition) is 2. The molecule has 2 unspecified atom stereocenters. The molecule has 0 aromatic heterocycles. The van der Waals surface area contributed by atoms with Crippen LogP contribution in [0.25, 0.3) is 0 Å². The van der Waals surface area contributed by atoms with Crippen molar-refractivity contribution in [1.82, 2.24) is 5.32 Å². The first kappa shape index (κ1) is 15.9. The zero-order valence-electron chi connectivity index (χ0n) is 10.9. The topological polar surface area (TPSA) is 90.6 Å². The number of carbonyl (C=O) groups is 2. The number of esters is 1. The van der Waals surface area contributed by atoms with Crippen molar-refractivity contribution in [3.8, 4) is 0 Å². The minimum atomic E-state index is -0.808. The Balaban J connectivity index is 4.41. The molecule has 0 heterocycles. The highest BCUT2D eigenvalue weighted by molar-refractivity contribution is 5.87. The van der Waals surface area contributed by atoms with E-state index >= 15 is 0 Å². The summed E-state index contributed by atoms with van der Waals surface area (Å²) in [5.41, 5.74) is 5.67. The summed E-state index contributed by atoms with van der Waals surface area (Å²) in [6.45, 7) is 6.01. The normalized spacial score (nSPS) is 14.2. The molecule has 0 aliphatic carbocycles. The van der Waals surface area contributed by atoms with Crippen molar-refractivity contribution in [2.75, 3.05) is 20.3 Å². The van der Waals surface area contributed by atoms with Gasteiger partial charge in [0.2, 0.25) is 5.91 Å². The number of rotatable bonds is 7. The summed E-state index contributed by atoms with van der Waals surface area (Å²) in [5.74, 6) is -0.918. The number of methoxy groups -OCH3 is 1. The van der Waals surface area contributed by atoms with Crippen LogP contribution in [0, 0.1) is 5.92 Å². The van der Waals surface area contributed by atoms with Crippen molar-refractivity contribution >= 4 is 11.9 Å². The van der Waals surface area contributed by atoms with Gasteiger partial charge in [0.05, 0.1) is 19.8 Å². The standard InChI is InChI=1S/C11H22N2O4/c1-5-17-6-8(11(15)16-4)13-10(14)9(12)7(2)3/h7-9H,5-6,12H2,1-4H3,(H,13,14). The van der Waals surface area contributed by atoms with Gasteiger partial charge in [0.1, 0.15) is 0 Å². The number of hydrogen-bond acceptors (Lipinski definition) is 5. The summed E-state index contributed by atoms with van der Waals surface area (Å²) in [7, 11) is 1.26. The maximum Gasteiger partial charge on any atom is 0.330 e. The molecule has 0 aromatic rings. The maximum absolute atomic E-state index is 11.7. The van der Waals surface area contributed by atoms with Crippen LogP contribution in [0.5, 0.6) is 0 Å². The Hall–Kier alpha value is -1.14. The summed E-state index contributed by atoms with van der Waals surface area (Å²) in [6.07, 6.45) is 0. The van der Waals surface area contributed by atoms with E-state index in [-0.39, 0.29) is 18.4 Å². The molecular weight excluding hydrogens is 224 g/mol. The second-order valence-corrected chi connectivity index (χ2v) is 4.01. The summed E-state index contributed by atoms with van der Waals surface area (Å²) in [5, 5.41) is 2.52. The molecule has 6 nitrogen and oxygen atoms in total. The third kappa shape index (κ3) is 5.65. The van der Waals surface area contributed by atoms with Gasteiger partial charge in [-0.25, -0.2) is 4.79 Å². The lowest BCUT2D eigenvalue weighted by atomic mass is 10.0. The quantitative estimate of drug-likeness (QED) is 0.600. The fourth-order valence-corrected chi connectivity index (χ4v) is 1.12. The van der Waals surface area contributed by atoms with Crippen LogP contribution in [0.3, 0.4) is 0 Å². The van der Waals surface area contributed by atoms with Gasteiger partial charge < -0.3 is 20.5 Å². The van der Waals surface area contributed by atoms with Gasteiger partial charge in [-0.3, -0.25) is 4.79 Å². The van der Waals surface area contributed by atoms with E-state index < -0.39 is 18.1 Å². The zero-order valence-corrected chi connectivity index (χ0v) is 10.9. The lowest BCUT2D eigenvalue weighted by Crippen LogP contribution is -2.52. The number of carbonyl (C=O) groups excluding carboxylic acids is 2. The number of amides is 1. The van der Waals surface area contributed by atoms with E-state index in [1.807, 2.05) is 13.8 Å². The molecule has 0 radical (unpaired) electrons. The lowest BCUT2D eigenvalue weighted by molar-refractivity contribution is -0.147. The van der Waals surface area contributed by atoms with E-state index in [1.165, 1.54) is 7.11 Å². The molecule has 0 spiro atoms. The van der Waals surface area contributed by atoms with Crippen LogP contribution >= 0.6 is 0 Å². The van der Waals surface area contributed by atoms with Gasteiger partial charge in [-0.2, -0.15) is 0 Å². The van der Waals surface area contributed by atoms with Crippen LogP contribution in [0.15, 0.2) is 0 Å². The molecule has 17 heavy (non-hydrogen) atoms. The SMILES string of the molecule is CCOCC(NC(=O)C(N)C(C)C)C(=O)OC. The third-order valence-corrected chi connectivity index (χ3v) is 2.31. The highest BCUT2D eigenvalue weighted by Crippen LogP contribution is 1.99. The van der Waals surface area contributed by atoms with E-state index in [1.54, 1.807) is 6.92 Å². The predicted octanol–water partition coefficient (Wildman–Crippen LogP) is -0.336. The Morgan fingerprint density at radius 3 is 2.35 bits per heavy atom. The highest BCUT2D eigenvalue weighted by atomic mass is 16.5. The first-order valence-electron chi connectivity index (χ1n) is 5.65. The first-order valence-corrected chi connectivity index (χ1v) is 5.65. The van der Waals surface area contributed by atoms with Crippen molar-refractivity contribution in [3.63, 3.8) is 0 Å². The van der Waals surface area contributed by atoms with Crippen LogP contribution in [0.4, 0.5) is 0 Å². The molecule has 2 atom stereocenters. The minimum absolute atomic E-state index is 0.000362. The fraction of sp³-hybridized carbons (Fsp3) is 0.818. The van der Waals surface area contributed by atoms with Crippen LogP contribution in [0.1, 0.15) is 20.8 Å². The molecule has 0 aromatic carbocycles. The molecule has 0 rings (SSSR count). The molecule has 0 saturated heterocycles. The maximum atomic E-state index is 11.7. The van der Waals surface area contributed by atoms with Crippen molar-refractivity contribution < 1.29 is 19.1 Å². The summed E-state index contributed by atoms with van der Waals surface area (Å²) < 4.78 is 9.68. The summed E-state index contributed by atoms with van der Waals surface area (Å²) in [6, 6.07) is -1.46. The third-order valence-electron chi connectivity index (χ3n) is 2.31. The fourth-order valence-electron chi connectivity index (χ4n) is 1.12. The average Bonchev–Trinajstić information content (AvgIpc) is 2.31. The molecule has 0 saturated carbocycles. The van der Waals surface area contributed by atoms with Crippen molar-refractivity contribution in [3.05, 3.63) is 0 Å². The molecule has 0 aliphatic rings. The van der Waals surface area contributed by atoms with Gasteiger partial charge in [0.25, 0.3) is 0 Å². The largest absolute Gasteiger partial charge is 0.467 e. The zero-order chi connectivity index (χ0) is 13.4. The molecule has 0 bridgehead atoms. The monoisotopic (exact) mass is 246 g/mol. The van der Waals surface area contributed by atoms with E-state index in [9.17, 15) is 9.59 Å². The van der Waals surface area contributed by atoms with Gasteiger partial charge in [0.15, 0.2) is 6.04 Å². The lowest BCUT2D eigenvalue weighted by Gasteiger charge is -2.20. The van der Waals surface area contributed by atoms with Gasteiger partial charge in [-0.15, -0.1) is 0 Å². The number of nitrogens with one attached hydrogen (secondary N) is 1. The molecule has 3 N–H and O–H groups in total. The molecule has 0 aliphatic heterocycles. The van der Waals surface area contributed by atoms with Crippen molar-refractivity contribution in [1.29, 1.82) is 0 Å². The van der Waals surface area contributed by atoms with Crippen LogP contribution in [0.2, 0.25) is 0 Å². The number of ether oxygens (including phenoxy) is 2. The highest BCUT2D eigenvalue weighted by Gasteiger charge is 2.25. The van der Waals surface area contributed by atoms with Gasteiger partial charge in [0, 0.05) is 6.61 Å². The van der Waals surface area contributed by atoms with Gasteiger partial charge in [-0.05, 0) is 12.8 Å². The molecular formula is C11H22N2O4. The van der Waals surface area contributed by atoms with E-state index in [4.69, 9.17) is 10.5 Å². The van der Waals surface area contributed by atoms with Gasteiger partial charge >= 0.3 is 5.97 Å².